The molecule has 1 aromatic carbocycles. The summed E-state index contributed by atoms with van der Waals surface area (Å²) in [5.41, 5.74) is -0.762. The summed E-state index contributed by atoms with van der Waals surface area (Å²) in [7, 11) is 0. The van der Waals surface area contributed by atoms with Gasteiger partial charge in [0.2, 0.25) is 11.3 Å². The van der Waals surface area contributed by atoms with Crippen LogP contribution in [0.2, 0.25) is 0 Å². The van der Waals surface area contributed by atoms with Crippen molar-refractivity contribution in [3.8, 4) is 0 Å². The van der Waals surface area contributed by atoms with Crippen LogP contribution in [0.1, 0.15) is 6.92 Å². The van der Waals surface area contributed by atoms with Crippen molar-refractivity contribution in [2.24, 2.45) is 5.41 Å². The van der Waals surface area contributed by atoms with Gasteiger partial charge < -0.3 is 9.66 Å². The number of rotatable bonds is 4. The largest absolute Gasteiger partial charge is 0.615 e. The van der Waals surface area contributed by atoms with Crippen molar-refractivity contribution < 1.29 is 24.0 Å². The van der Waals surface area contributed by atoms with Gasteiger partial charge in [-0.25, -0.2) is 0 Å². The van der Waals surface area contributed by atoms with E-state index in [9.17, 15) is 24.0 Å². The Morgan fingerprint density at radius 3 is 2.65 bits per heavy atom. The van der Waals surface area contributed by atoms with Gasteiger partial charge in [0, 0.05) is 23.3 Å². The molecule has 2 fully saturated rings. The molecule has 0 spiro atoms. The third-order valence-corrected chi connectivity index (χ3v) is 8.35. The molecule has 0 saturated carbocycles. The summed E-state index contributed by atoms with van der Waals surface area (Å²) in [6, 6.07) is 6.10. The zero-order valence-corrected chi connectivity index (χ0v) is 17.7. The normalized spacial score (nSPS) is 30.4. The number of carbonyl (C=O) groups excluding carboxylic acids is 2. The molecule has 0 aliphatic carbocycles. The van der Waals surface area contributed by atoms with Crippen molar-refractivity contribution in [3.05, 3.63) is 28.7 Å². The Balaban J connectivity index is 1.95. The van der Waals surface area contributed by atoms with Crippen LogP contribution in [0.25, 0.3) is 0 Å². The summed E-state index contributed by atoms with van der Waals surface area (Å²) < 4.78 is 13.5. The predicted octanol–water partition coefficient (Wildman–Crippen LogP) is 1.57. The SMILES string of the molecule is CC(=O)N(c1ccccc1Br)[C@@H]1C(=O)N2CC(CBr)(C(=O)O)C[S@+]([O-])[C@H]12. The number of para-hydroxylation sites is 1. The van der Waals surface area contributed by atoms with Crippen LogP contribution in [0.3, 0.4) is 0 Å². The van der Waals surface area contributed by atoms with Crippen LogP contribution in [-0.4, -0.2) is 61.4 Å². The van der Waals surface area contributed by atoms with Crippen LogP contribution >= 0.6 is 31.9 Å². The number of aliphatic carboxylic acids is 1. The van der Waals surface area contributed by atoms with E-state index in [1.54, 1.807) is 24.3 Å². The summed E-state index contributed by atoms with van der Waals surface area (Å²) >= 11 is 4.96. The van der Waals surface area contributed by atoms with Crippen molar-refractivity contribution in [1.29, 1.82) is 0 Å². The molecular weight excluding hydrogens is 492 g/mol. The maximum Gasteiger partial charge on any atom is 0.317 e. The van der Waals surface area contributed by atoms with Crippen LogP contribution in [0.4, 0.5) is 5.69 Å². The summed E-state index contributed by atoms with van der Waals surface area (Å²) in [6.07, 6.45) is 0. The lowest BCUT2D eigenvalue weighted by Crippen LogP contribution is -2.79. The minimum Gasteiger partial charge on any atom is -0.615 e. The number of benzene rings is 1. The number of halogens is 2. The average Bonchev–Trinajstić information content (AvgIpc) is 2.59. The maximum atomic E-state index is 12.8. The lowest BCUT2D eigenvalue weighted by atomic mass is 9.89. The molecule has 1 N–H and O–H groups in total. The first-order valence-electron chi connectivity index (χ1n) is 7.75. The highest BCUT2D eigenvalue weighted by atomic mass is 79.9. The zero-order valence-electron chi connectivity index (χ0n) is 13.7. The molecule has 0 aromatic heterocycles. The van der Waals surface area contributed by atoms with Crippen molar-refractivity contribution in [1.82, 2.24) is 4.90 Å². The first-order chi connectivity index (χ1) is 12.2. The van der Waals surface area contributed by atoms with E-state index >= 15 is 0 Å². The third kappa shape index (κ3) is 2.96. The lowest BCUT2D eigenvalue weighted by molar-refractivity contribution is -0.156. The fraction of sp³-hybridized carbons (Fsp3) is 0.438. The summed E-state index contributed by atoms with van der Waals surface area (Å²) in [6.45, 7) is 1.32. The van der Waals surface area contributed by atoms with Gasteiger partial charge in [-0.1, -0.05) is 28.1 Å². The van der Waals surface area contributed by atoms with E-state index in [1.165, 1.54) is 16.7 Å². The number of fused-ring (bicyclic) bond motifs is 1. The Hall–Kier alpha value is -1.10. The van der Waals surface area contributed by atoms with E-state index in [-0.39, 0.29) is 29.4 Å². The van der Waals surface area contributed by atoms with Gasteiger partial charge in [-0.2, -0.15) is 0 Å². The fourth-order valence-electron chi connectivity index (χ4n) is 3.36. The van der Waals surface area contributed by atoms with Crippen LogP contribution in [-0.2, 0) is 25.6 Å². The number of hydrogen-bond acceptors (Lipinski definition) is 4. The highest BCUT2D eigenvalue weighted by Crippen LogP contribution is 2.43. The zero-order chi connectivity index (χ0) is 19.2. The second-order valence-electron chi connectivity index (χ2n) is 6.39. The number of alkyl halides is 1. The van der Waals surface area contributed by atoms with Gasteiger partial charge in [-0.05, 0) is 39.2 Å². The van der Waals surface area contributed by atoms with E-state index in [1.807, 2.05) is 0 Å². The molecule has 26 heavy (non-hydrogen) atoms. The highest BCUT2D eigenvalue weighted by molar-refractivity contribution is 9.10. The molecular formula is C16H16Br2N2O5S. The first kappa shape index (κ1) is 19.7. The number of carbonyl (C=O) groups is 3. The van der Waals surface area contributed by atoms with Gasteiger partial charge >= 0.3 is 5.97 Å². The van der Waals surface area contributed by atoms with Crippen molar-refractivity contribution in [2.75, 3.05) is 22.5 Å². The van der Waals surface area contributed by atoms with Gasteiger partial charge in [-0.3, -0.25) is 24.2 Å². The molecule has 1 unspecified atom stereocenters. The molecule has 2 amide bonds. The highest BCUT2D eigenvalue weighted by Gasteiger charge is 2.65. The van der Waals surface area contributed by atoms with Gasteiger partial charge in [0.15, 0.2) is 6.04 Å². The van der Waals surface area contributed by atoms with Gasteiger partial charge in [0.25, 0.3) is 5.91 Å². The summed E-state index contributed by atoms with van der Waals surface area (Å²) in [4.78, 5) is 39.4. The van der Waals surface area contributed by atoms with Crippen LogP contribution in [0.15, 0.2) is 28.7 Å². The monoisotopic (exact) mass is 506 g/mol. The molecule has 2 aliphatic rings. The molecule has 1 aromatic rings. The first-order valence-corrected chi connectivity index (χ1v) is 11.0. The number of carboxylic acid groups (broad SMARTS) is 1. The summed E-state index contributed by atoms with van der Waals surface area (Å²) in [5.74, 6) is -1.89. The average molecular weight is 508 g/mol. The molecule has 140 valence electrons. The smallest absolute Gasteiger partial charge is 0.317 e. The van der Waals surface area contributed by atoms with Crippen LogP contribution in [0.5, 0.6) is 0 Å². The molecule has 10 heteroatoms. The number of anilines is 1. The van der Waals surface area contributed by atoms with Crippen molar-refractivity contribution in [3.63, 3.8) is 0 Å². The molecule has 0 bridgehead atoms. The van der Waals surface area contributed by atoms with E-state index < -0.39 is 34.0 Å². The predicted molar refractivity (Wildman–Crippen MR) is 103 cm³/mol. The van der Waals surface area contributed by atoms with Gasteiger partial charge in [0.1, 0.15) is 11.2 Å². The van der Waals surface area contributed by atoms with Crippen molar-refractivity contribution in [2.45, 2.75) is 18.3 Å². The van der Waals surface area contributed by atoms with Crippen molar-refractivity contribution >= 4 is 66.5 Å². The summed E-state index contributed by atoms with van der Waals surface area (Å²) in [5, 5.41) is 8.92. The Labute approximate surface area is 170 Å². The second-order valence-corrected chi connectivity index (χ2v) is 9.33. The molecule has 7 nitrogen and oxygen atoms in total. The molecule has 3 rings (SSSR count). The Kier molecular flexibility index (Phi) is 5.40. The number of carboxylic acids is 1. The fourth-order valence-corrected chi connectivity index (χ4v) is 6.73. The number of hydrogen-bond donors (Lipinski definition) is 1. The number of nitrogens with zero attached hydrogens (tertiary/aromatic N) is 2. The minimum atomic E-state index is -1.60. The third-order valence-electron chi connectivity index (χ3n) is 4.71. The standard InChI is InChI=1S/C16H16Br2N2O5S/c1-9(21)20(11-5-3-2-4-10(11)18)12-13(22)19-7-16(6-17,15(23)24)8-26(25)14(12)19/h2-5,12,14H,6-8H2,1H3,(H,23,24)/t12-,14-,16?,26+/m1/s1. The van der Waals surface area contributed by atoms with E-state index in [0.29, 0.717) is 10.2 Å². The maximum absolute atomic E-state index is 12.8. The number of β-lactam (4-membered cyclic amide) rings is 1. The molecule has 4 atom stereocenters. The van der Waals surface area contributed by atoms with Crippen LogP contribution < -0.4 is 4.90 Å². The number of amides is 2. The molecule has 2 saturated heterocycles. The Morgan fingerprint density at radius 2 is 2.12 bits per heavy atom. The molecule has 2 heterocycles. The van der Waals surface area contributed by atoms with Gasteiger partial charge in [0.05, 0.1) is 5.69 Å². The lowest BCUT2D eigenvalue weighted by Gasteiger charge is -2.55. The minimum absolute atomic E-state index is 0.0268. The van der Waals surface area contributed by atoms with Crippen LogP contribution in [0, 0.1) is 5.41 Å². The Bertz CT molecular complexity index is 779. The van der Waals surface area contributed by atoms with E-state index in [0.717, 1.165) is 0 Å². The second kappa shape index (κ2) is 7.14. The quantitative estimate of drug-likeness (QED) is 0.378. The Morgan fingerprint density at radius 1 is 1.46 bits per heavy atom. The topological polar surface area (TPSA) is 101 Å². The van der Waals surface area contributed by atoms with E-state index in [4.69, 9.17) is 0 Å². The van der Waals surface area contributed by atoms with Gasteiger partial charge in [-0.15, -0.1) is 0 Å². The molecule has 0 radical (unpaired) electrons. The molecule has 2 aliphatic heterocycles. The van der Waals surface area contributed by atoms with E-state index in [2.05, 4.69) is 31.9 Å².